The lowest BCUT2D eigenvalue weighted by Crippen LogP contribution is -2.42. The van der Waals surface area contributed by atoms with Crippen molar-refractivity contribution in [3.05, 3.63) is 29.8 Å². The Balaban J connectivity index is 2.44. The Morgan fingerprint density at radius 2 is 1.89 bits per heavy atom. The number of nitrogen functional groups attached to an aromatic ring is 1. The van der Waals surface area contributed by atoms with Crippen molar-refractivity contribution in [2.24, 2.45) is 0 Å². The Kier molecular flexibility index (Phi) is 4.59. The number of hydrogen-bond donors (Lipinski definition) is 2. The molecule has 0 aliphatic heterocycles. The zero-order valence-electron chi connectivity index (χ0n) is 11.5. The summed E-state index contributed by atoms with van der Waals surface area (Å²) in [6.07, 6.45) is 0.124. The molecule has 1 unspecified atom stereocenters. The third-order valence-electron chi connectivity index (χ3n) is 2.29. The predicted octanol–water partition coefficient (Wildman–Crippen LogP) is 2.72. The van der Waals surface area contributed by atoms with Gasteiger partial charge in [-0.15, -0.1) is 0 Å². The third kappa shape index (κ3) is 5.57. The lowest BCUT2D eigenvalue weighted by atomic mass is 10.1. The second kappa shape index (κ2) is 5.76. The van der Waals surface area contributed by atoms with Crippen LogP contribution in [-0.4, -0.2) is 17.7 Å². The van der Waals surface area contributed by atoms with Crippen LogP contribution in [0.1, 0.15) is 33.3 Å². The van der Waals surface area contributed by atoms with Gasteiger partial charge in [0.05, 0.1) is 0 Å². The SMILES string of the molecule is CC(Cc1ccc(N)cc1)OC(=O)NC(C)(C)C. The fourth-order valence-corrected chi connectivity index (χ4v) is 1.55. The zero-order valence-corrected chi connectivity index (χ0v) is 11.5. The van der Waals surface area contributed by atoms with Crippen molar-refractivity contribution >= 4 is 11.8 Å². The van der Waals surface area contributed by atoms with Crippen molar-refractivity contribution < 1.29 is 9.53 Å². The van der Waals surface area contributed by atoms with E-state index in [-0.39, 0.29) is 17.7 Å². The van der Waals surface area contributed by atoms with Crippen molar-refractivity contribution in [3.63, 3.8) is 0 Å². The van der Waals surface area contributed by atoms with Gasteiger partial charge >= 0.3 is 6.09 Å². The molecule has 18 heavy (non-hydrogen) atoms. The molecule has 1 amide bonds. The van der Waals surface area contributed by atoms with E-state index in [1.807, 2.05) is 52.0 Å². The monoisotopic (exact) mass is 250 g/mol. The summed E-state index contributed by atoms with van der Waals surface area (Å²) in [4.78, 5) is 11.6. The predicted molar refractivity (Wildman–Crippen MR) is 73.4 cm³/mol. The molecule has 1 rings (SSSR count). The highest BCUT2D eigenvalue weighted by molar-refractivity contribution is 5.68. The fourth-order valence-electron chi connectivity index (χ4n) is 1.55. The molecule has 0 aromatic heterocycles. The van der Waals surface area contributed by atoms with Crippen LogP contribution in [0.15, 0.2) is 24.3 Å². The van der Waals surface area contributed by atoms with Gasteiger partial charge in [-0.05, 0) is 45.4 Å². The third-order valence-corrected chi connectivity index (χ3v) is 2.29. The standard InChI is InChI=1S/C14H22N2O2/c1-10(18-13(17)16-14(2,3)4)9-11-5-7-12(15)8-6-11/h5-8,10H,9,15H2,1-4H3,(H,16,17). The van der Waals surface area contributed by atoms with Crippen LogP contribution in [0, 0.1) is 0 Å². The number of benzene rings is 1. The summed E-state index contributed by atoms with van der Waals surface area (Å²) in [5.41, 5.74) is 7.16. The number of alkyl carbamates (subject to hydrolysis) is 1. The van der Waals surface area contributed by atoms with Crippen LogP contribution in [0.4, 0.5) is 10.5 Å². The highest BCUT2D eigenvalue weighted by Gasteiger charge is 2.16. The molecule has 0 fully saturated rings. The molecule has 0 spiro atoms. The lowest BCUT2D eigenvalue weighted by molar-refractivity contribution is 0.100. The van der Waals surface area contributed by atoms with Gasteiger partial charge in [0.2, 0.25) is 0 Å². The number of carbonyl (C=O) groups is 1. The quantitative estimate of drug-likeness (QED) is 0.811. The van der Waals surface area contributed by atoms with E-state index in [4.69, 9.17) is 10.5 Å². The molecule has 4 heteroatoms. The Bertz CT molecular complexity index is 393. The van der Waals surface area contributed by atoms with E-state index in [9.17, 15) is 4.79 Å². The zero-order chi connectivity index (χ0) is 13.8. The topological polar surface area (TPSA) is 64.3 Å². The Morgan fingerprint density at radius 1 is 1.33 bits per heavy atom. The fraction of sp³-hybridized carbons (Fsp3) is 0.500. The van der Waals surface area contributed by atoms with Crippen molar-refractivity contribution in [3.8, 4) is 0 Å². The van der Waals surface area contributed by atoms with Crippen LogP contribution in [0.3, 0.4) is 0 Å². The summed E-state index contributed by atoms with van der Waals surface area (Å²) < 4.78 is 5.28. The summed E-state index contributed by atoms with van der Waals surface area (Å²) in [5, 5.41) is 2.76. The second-order valence-corrected chi connectivity index (χ2v) is 5.54. The highest BCUT2D eigenvalue weighted by atomic mass is 16.6. The van der Waals surface area contributed by atoms with Gasteiger partial charge in [-0.2, -0.15) is 0 Å². The Labute approximate surface area is 109 Å². The maximum atomic E-state index is 11.6. The molecule has 0 aliphatic carbocycles. The molecule has 1 aromatic rings. The number of nitrogens with two attached hydrogens (primary N) is 1. The largest absolute Gasteiger partial charge is 0.446 e. The van der Waals surface area contributed by atoms with Gasteiger partial charge in [0, 0.05) is 17.6 Å². The van der Waals surface area contributed by atoms with Crippen LogP contribution in [-0.2, 0) is 11.2 Å². The summed E-state index contributed by atoms with van der Waals surface area (Å²) in [7, 11) is 0. The van der Waals surface area contributed by atoms with E-state index < -0.39 is 0 Å². The van der Waals surface area contributed by atoms with Gasteiger partial charge < -0.3 is 15.8 Å². The molecular formula is C14H22N2O2. The lowest BCUT2D eigenvalue weighted by Gasteiger charge is -2.22. The molecule has 0 bridgehead atoms. The normalized spacial score (nSPS) is 12.9. The number of carbonyl (C=O) groups excluding carboxylic acids is 1. The molecule has 0 heterocycles. The minimum Gasteiger partial charge on any atom is -0.446 e. The molecule has 1 aromatic carbocycles. The molecule has 100 valence electrons. The van der Waals surface area contributed by atoms with Crippen LogP contribution >= 0.6 is 0 Å². The van der Waals surface area contributed by atoms with Crippen molar-refractivity contribution in [1.29, 1.82) is 0 Å². The molecule has 0 saturated carbocycles. The van der Waals surface area contributed by atoms with Gasteiger partial charge in [0.1, 0.15) is 6.10 Å². The van der Waals surface area contributed by atoms with Crippen LogP contribution in [0.25, 0.3) is 0 Å². The van der Waals surface area contributed by atoms with Gasteiger partial charge in [0.25, 0.3) is 0 Å². The van der Waals surface area contributed by atoms with E-state index in [0.717, 1.165) is 11.3 Å². The molecule has 4 nitrogen and oxygen atoms in total. The summed E-state index contributed by atoms with van der Waals surface area (Å²) >= 11 is 0. The summed E-state index contributed by atoms with van der Waals surface area (Å²) in [6.45, 7) is 7.62. The van der Waals surface area contributed by atoms with Crippen LogP contribution in [0.5, 0.6) is 0 Å². The van der Waals surface area contributed by atoms with Gasteiger partial charge in [-0.3, -0.25) is 0 Å². The van der Waals surface area contributed by atoms with Crippen molar-refractivity contribution in [1.82, 2.24) is 5.32 Å². The summed E-state index contributed by atoms with van der Waals surface area (Å²) in [6, 6.07) is 7.57. The van der Waals surface area contributed by atoms with Gasteiger partial charge in [-0.25, -0.2) is 4.79 Å². The molecule has 0 saturated heterocycles. The number of ether oxygens (including phenoxy) is 1. The molecule has 1 atom stereocenters. The summed E-state index contributed by atoms with van der Waals surface area (Å²) in [5.74, 6) is 0. The van der Waals surface area contributed by atoms with Gasteiger partial charge in [0.15, 0.2) is 0 Å². The van der Waals surface area contributed by atoms with Gasteiger partial charge in [-0.1, -0.05) is 12.1 Å². The number of hydrogen-bond acceptors (Lipinski definition) is 3. The van der Waals surface area contributed by atoms with Crippen LogP contribution < -0.4 is 11.1 Å². The molecule has 0 aliphatic rings. The average molecular weight is 250 g/mol. The maximum Gasteiger partial charge on any atom is 0.407 e. The first-order chi connectivity index (χ1) is 8.26. The number of anilines is 1. The van der Waals surface area contributed by atoms with Crippen LogP contribution in [0.2, 0.25) is 0 Å². The second-order valence-electron chi connectivity index (χ2n) is 5.54. The Morgan fingerprint density at radius 3 is 2.39 bits per heavy atom. The van der Waals surface area contributed by atoms with E-state index in [1.54, 1.807) is 0 Å². The molecular weight excluding hydrogens is 228 g/mol. The molecule has 3 N–H and O–H groups in total. The van der Waals surface area contributed by atoms with E-state index in [2.05, 4.69) is 5.32 Å². The van der Waals surface area contributed by atoms with Crippen molar-refractivity contribution in [2.75, 3.05) is 5.73 Å². The number of rotatable bonds is 3. The van der Waals surface area contributed by atoms with E-state index in [0.29, 0.717) is 6.42 Å². The smallest absolute Gasteiger partial charge is 0.407 e. The Hall–Kier alpha value is -1.71. The first kappa shape index (κ1) is 14.4. The number of nitrogens with one attached hydrogen (secondary N) is 1. The minimum atomic E-state index is -0.384. The maximum absolute atomic E-state index is 11.6. The van der Waals surface area contributed by atoms with E-state index in [1.165, 1.54) is 0 Å². The van der Waals surface area contributed by atoms with E-state index >= 15 is 0 Å². The molecule has 0 radical (unpaired) electrons. The van der Waals surface area contributed by atoms with Crippen molar-refractivity contribution in [2.45, 2.75) is 45.8 Å². The minimum absolute atomic E-state index is 0.170. The first-order valence-electron chi connectivity index (χ1n) is 6.09. The number of amides is 1. The first-order valence-corrected chi connectivity index (χ1v) is 6.09. The highest BCUT2D eigenvalue weighted by Crippen LogP contribution is 2.10. The average Bonchev–Trinajstić information content (AvgIpc) is 2.18.